The van der Waals surface area contributed by atoms with Crippen molar-refractivity contribution in [2.24, 2.45) is 13.0 Å². The summed E-state index contributed by atoms with van der Waals surface area (Å²) in [5.41, 5.74) is 7.51. The van der Waals surface area contributed by atoms with Crippen LogP contribution in [0.4, 0.5) is 0 Å². The predicted octanol–water partition coefficient (Wildman–Crippen LogP) is 5.90. The largest absolute Gasteiger partial charge is 0.275 e. The summed E-state index contributed by atoms with van der Waals surface area (Å²) >= 11 is 0. The van der Waals surface area contributed by atoms with Gasteiger partial charge >= 0.3 is 0 Å². The van der Waals surface area contributed by atoms with Crippen molar-refractivity contribution in [1.29, 1.82) is 0 Å². The van der Waals surface area contributed by atoms with E-state index in [1.54, 1.807) is 0 Å². The Hall–Kier alpha value is -2.09. The second kappa shape index (κ2) is 8.52. The van der Waals surface area contributed by atoms with Crippen molar-refractivity contribution >= 4 is 17.7 Å². The van der Waals surface area contributed by atoms with Gasteiger partial charge in [-0.05, 0) is 53.7 Å². The fourth-order valence-corrected chi connectivity index (χ4v) is 2.63. The molecule has 2 nitrogen and oxygen atoms in total. The Labute approximate surface area is 141 Å². The summed E-state index contributed by atoms with van der Waals surface area (Å²) in [6, 6.07) is 4.33. The van der Waals surface area contributed by atoms with Crippen LogP contribution in [-0.2, 0) is 7.05 Å². The molecule has 0 aliphatic rings. The van der Waals surface area contributed by atoms with Crippen molar-refractivity contribution in [3.05, 3.63) is 58.9 Å². The van der Waals surface area contributed by atoms with E-state index in [9.17, 15) is 0 Å². The Morgan fingerprint density at radius 1 is 1.13 bits per heavy atom. The third-order valence-corrected chi connectivity index (χ3v) is 3.89. The van der Waals surface area contributed by atoms with Gasteiger partial charge in [-0.2, -0.15) is 5.10 Å². The van der Waals surface area contributed by atoms with Crippen molar-refractivity contribution in [2.75, 3.05) is 0 Å². The summed E-state index contributed by atoms with van der Waals surface area (Å²) in [6.07, 6.45) is 8.26. The Balaban J connectivity index is 0.00000127. The molecule has 0 aliphatic carbocycles. The van der Waals surface area contributed by atoms with E-state index in [1.807, 2.05) is 37.8 Å². The maximum atomic E-state index is 4.30. The molecular weight excluding hydrogens is 280 g/mol. The predicted molar refractivity (Wildman–Crippen MR) is 103 cm³/mol. The first-order valence-electron chi connectivity index (χ1n) is 8.37. The average Bonchev–Trinajstić information content (AvgIpc) is 2.95. The standard InChI is InChI=1S/C19H24N2.C2H6/c1-7-17-14(4)8-9-15(5)19(17)10-18(13(2)3)16-11-20-21(6)12-16;1-2/h7-13H,1H2,2-6H3;1-2H3/b18-10+;. The molecule has 0 atom stereocenters. The molecule has 1 aromatic carbocycles. The van der Waals surface area contributed by atoms with E-state index in [0.717, 1.165) is 0 Å². The van der Waals surface area contributed by atoms with Crippen LogP contribution in [0.15, 0.2) is 31.1 Å². The minimum atomic E-state index is 0.437. The first-order chi connectivity index (χ1) is 10.9. The number of benzene rings is 1. The second-order valence-electron chi connectivity index (χ2n) is 5.89. The molecule has 0 amide bonds. The van der Waals surface area contributed by atoms with E-state index in [2.05, 4.69) is 63.8 Å². The first-order valence-corrected chi connectivity index (χ1v) is 8.37. The topological polar surface area (TPSA) is 17.8 Å². The zero-order valence-corrected chi connectivity index (χ0v) is 15.6. The zero-order chi connectivity index (χ0) is 17.6. The van der Waals surface area contributed by atoms with Crippen LogP contribution in [-0.4, -0.2) is 9.78 Å². The fraction of sp³-hybridized carbons (Fsp3) is 0.381. The lowest BCUT2D eigenvalue weighted by Crippen LogP contribution is -1.96. The smallest absolute Gasteiger partial charge is 0.0565 e. The summed E-state index contributed by atoms with van der Waals surface area (Å²) in [7, 11) is 1.95. The summed E-state index contributed by atoms with van der Waals surface area (Å²) in [5, 5.41) is 4.30. The molecule has 0 unspecified atom stereocenters. The second-order valence-corrected chi connectivity index (χ2v) is 5.89. The van der Waals surface area contributed by atoms with Gasteiger partial charge in [-0.15, -0.1) is 0 Å². The molecule has 0 N–H and O–H groups in total. The van der Waals surface area contributed by atoms with Crippen molar-refractivity contribution in [3.63, 3.8) is 0 Å². The molecule has 0 fully saturated rings. The van der Waals surface area contributed by atoms with Gasteiger partial charge in [0.05, 0.1) is 6.20 Å². The van der Waals surface area contributed by atoms with E-state index >= 15 is 0 Å². The van der Waals surface area contributed by atoms with Crippen molar-refractivity contribution in [3.8, 4) is 0 Å². The van der Waals surface area contributed by atoms with E-state index in [-0.39, 0.29) is 0 Å². The first kappa shape index (κ1) is 19.0. The third-order valence-electron chi connectivity index (χ3n) is 3.89. The lowest BCUT2D eigenvalue weighted by molar-refractivity contribution is 0.767. The summed E-state index contributed by atoms with van der Waals surface area (Å²) < 4.78 is 1.85. The Bertz CT molecular complexity index is 688. The Kier molecular flexibility index (Phi) is 7.02. The Morgan fingerprint density at radius 3 is 2.13 bits per heavy atom. The van der Waals surface area contributed by atoms with Crippen LogP contribution >= 0.6 is 0 Å². The van der Waals surface area contributed by atoms with Crippen LogP contribution in [0.1, 0.15) is 55.5 Å². The normalized spacial score (nSPS) is 11.2. The maximum absolute atomic E-state index is 4.30. The molecule has 0 radical (unpaired) electrons. The zero-order valence-electron chi connectivity index (χ0n) is 15.6. The van der Waals surface area contributed by atoms with Crippen LogP contribution < -0.4 is 0 Å². The van der Waals surface area contributed by atoms with Gasteiger partial charge in [-0.3, -0.25) is 4.68 Å². The highest BCUT2D eigenvalue weighted by Gasteiger charge is 2.11. The van der Waals surface area contributed by atoms with Crippen LogP contribution in [0, 0.1) is 19.8 Å². The van der Waals surface area contributed by atoms with Gasteiger partial charge in [-0.25, -0.2) is 0 Å². The third kappa shape index (κ3) is 4.44. The fourth-order valence-electron chi connectivity index (χ4n) is 2.63. The number of hydrogen-bond donors (Lipinski definition) is 0. The van der Waals surface area contributed by atoms with Gasteiger partial charge in [0.1, 0.15) is 0 Å². The van der Waals surface area contributed by atoms with Gasteiger partial charge in [-0.1, -0.05) is 52.5 Å². The molecule has 1 heterocycles. The van der Waals surface area contributed by atoms with E-state index < -0.39 is 0 Å². The highest BCUT2D eigenvalue weighted by atomic mass is 15.2. The summed E-state index contributed by atoms with van der Waals surface area (Å²) in [4.78, 5) is 0. The Morgan fingerprint density at radius 2 is 1.70 bits per heavy atom. The van der Waals surface area contributed by atoms with Crippen molar-refractivity contribution in [1.82, 2.24) is 9.78 Å². The molecule has 23 heavy (non-hydrogen) atoms. The van der Waals surface area contributed by atoms with E-state index in [0.29, 0.717) is 5.92 Å². The maximum Gasteiger partial charge on any atom is 0.0565 e. The van der Waals surface area contributed by atoms with Crippen molar-refractivity contribution in [2.45, 2.75) is 41.5 Å². The van der Waals surface area contributed by atoms with Crippen LogP contribution in [0.2, 0.25) is 0 Å². The highest BCUT2D eigenvalue weighted by molar-refractivity contribution is 5.86. The molecule has 0 saturated carbocycles. The van der Waals surface area contributed by atoms with Gasteiger partial charge in [0.15, 0.2) is 0 Å². The minimum absolute atomic E-state index is 0.437. The molecule has 0 aliphatic heterocycles. The molecule has 2 aromatic rings. The number of aryl methyl sites for hydroxylation is 3. The lowest BCUT2D eigenvalue weighted by Gasteiger charge is -2.14. The molecule has 1 aromatic heterocycles. The van der Waals surface area contributed by atoms with E-state index in [1.165, 1.54) is 33.4 Å². The lowest BCUT2D eigenvalue weighted by atomic mass is 9.90. The van der Waals surface area contributed by atoms with Crippen LogP contribution in [0.25, 0.3) is 17.7 Å². The number of aromatic nitrogens is 2. The van der Waals surface area contributed by atoms with Gasteiger partial charge in [0.25, 0.3) is 0 Å². The SMILES string of the molecule is C=Cc1c(C)ccc(C)c1/C=C(/c1cnn(C)c1)C(C)C.CC. The van der Waals surface area contributed by atoms with Gasteiger partial charge in [0, 0.05) is 18.8 Å². The van der Waals surface area contributed by atoms with Crippen molar-refractivity contribution < 1.29 is 0 Å². The van der Waals surface area contributed by atoms with Crippen LogP contribution in [0.5, 0.6) is 0 Å². The molecule has 2 heteroatoms. The number of nitrogens with zero attached hydrogens (tertiary/aromatic N) is 2. The van der Waals surface area contributed by atoms with Gasteiger partial charge in [0.2, 0.25) is 0 Å². The number of allylic oxidation sites excluding steroid dienone is 1. The van der Waals surface area contributed by atoms with Gasteiger partial charge < -0.3 is 0 Å². The molecule has 2 rings (SSSR count). The quantitative estimate of drug-likeness (QED) is 0.687. The average molecular weight is 310 g/mol. The molecule has 124 valence electrons. The molecule has 0 bridgehead atoms. The minimum Gasteiger partial charge on any atom is -0.275 e. The molecular formula is C21H30N2. The number of rotatable bonds is 4. The van der Waals surface area contributed by atoms with E-state index in [4.69, 9.17) is 0 Å². The molecule has 0 spiro atoms. The number of hydrogen-bond acceptors (Lipinski definition) is 1. The summed E-state index contributed by atoms with van der Waals surface area (Å²) in [5.74, 6) is 0.437. The summed E-state index contributed by atoms with van der Waals surface area (Å²) in [6.45, 7) is 16.7. The molecule has 0 saturated heterocycles. The highest BCUT2D eigenvalue weighted by Crippen LogP contribution is 2.29. The van der Waals surface area contributed by atoms with Crippen LogP contribution in [0.3, 0.4) is 0 Å². The monoisotopic (exact) mass is 310 g/mol.